The molecule has 2 atom stereocenters. The number of ether oxygens (including phenoxy) is 1. The van der Waals surface area contributed by atoms with Crippen LogP contribution in [0.15, 0.2) is 36.8 Å². The standard InChI is InChI=1S/C27H32FN5O3/c1-15-7-8-29-12-20(15)19-9-16-11-22(31-25(34)18-10-17(18)14-33(5)6)30-13-21(16)24(23(19)28)32-26(35)36-27(2,3)4/h7-9,11-13,17-18H,10,14H2,1-6H3,(H,32,35)(H,30,31,34)/t17-,18-/m1/s1. The molecule has 9 heteroatoms. The second kappa shape index (κ2) is 9.81. The van der Waals surface area contributed by atoms with E-state index >= 15 is 4.39 Å². The lowest BCUT2D eigenvalue weighted by Crippen LogP contribution is -2.27. The number of anilines is 2. The van der Waals surface area contributed by atoms with Crippen molar-refractivity contribution in [2.75, 3.05) is 31.3 Å². The highest BCUT2D eigenvalue weighted by molar-refractivity contribution is 6.04. The van der Waals surface area contributed by atoms with E-state index in [-0.39, 0.29) is 23.1 Å². The average Bonchev–Trinajstić information content (AvgIpc) is 3.53. The summed E-state index contributed by atoms with van der Waals surface area (Å²) >= 11 is 0. The van der Waals surface area contributed by atoms with Crippen molar-refractivity contribution >= 4 is 34.3 Å². The number of aryl methyl sites for hydroxylation is 1. The van der Waals surface area contributed by atoms with Crippen molar-refractivity contribution in [3.8, 4) is 11.1 Å². The fraction of sp³-hybridized carbons (Fsp3) is 0.407. The minimum absolute atomic E-state index is 0.0429. The highest BCUT2D eigenvalue weighted by Gasteiger charge is 2.43. The summed E-state index contributed by atoms with van der Waals surface area (Å²) in [4.78, 5) is 35.8. The maximum Gasteiger partial charge on any atom is 0.412 e. The Morgan fingerprint density at radius 2 is 1.92 bits per heavy atom. The molecule has 36 heavy (non-hydrogen) atoms. The third kappa shape index (κ3) is 5.79. The zero-order valence-electron chi connectivity index (χ0n) is 21.5. The van der Waals surface area contributed by atoms with Crippen LogP contribution in [0.4, 0.5) is 20.7 Å². The molecule has 1 aromatic carbocycles. The smallest absolute Gasteiger partial charge is 0.412 e. The first kappa shape index (κ1) is 25.5. The Morgan fingerprint density at radius 1 is 1.17 bits per heavy atom. The van der Waals surface area contributed by atoms with Gasteiger partial charge < -0.3 is 15.0 Å². The van der Waals surface area contributed by atoms with Crippen LogP contribution < -0.4 is 10.6 Å². The number of hydrogen-bond donors (Lipinski definition) is 2. The minimum Gasteiger partial charge on any atom is -0.444 e. The van der Waals surface area contributed by atoms with Gasteiger partial charge >= 0.3 is 6.09 Å². The molecule has 0 aliphatic heterocycles. The molecule has 2 N–H and O–H groups in total. The van der Waals surface area contributed by atoms with Crippen molar-refractivity contribution in [3.05, 3.63) is 48.2 Å². The fourth-order valence-electron chi connectivity index (χ4n) is 4.27. The molecule has 1 aliphatic rings. The molecule has 3 aromatic rings. The Balaban J connectivity index is 1.72. The molecule has 1 fully saturated rings. The van der Waals surface area contributed by atoms with Crippen LogP contribution in [0.1, 0.15) is 32.8 Å². The Kier molecular flexibility index (Phi) is 6.95. The Bertz CT molecular complexity index is 1320. The molecule has 2 amide bonds. The summed E-state index contributed by atoms with van der Waals surface area (Å²) in [7, 11) is 3.98. The van der Waals surface area contributed by atoms with Crippen LogP contribution in [0, 0.1) is 24.6 Å². The normalized spacial score (nSPS) is 17.2. The molecule has 1 aliphatic carbocycles. The van der Waals surface area contributed by atoms with Crippen LogP contribution in [0.2, 0.25) is 0 Å². The summed E-state index contributed by atoms with van der Waals surface area (Å²) in [6, 6.07) is 5.15. The van der Waals surface area contributed by atoms with E-state index in [9.17, 15) is 9.59 Å². The summed E-state index contributed by atoms with van der Waals surface area (Å²) in [5.41, 5.74) is 0.900. The van der Waals surface area contributed by atoms with Gasteiger partial charge in [-0.05, 0) is 83.3 Å². The summed E-state index contributed by atoms with van der Waals surface area (Å²) in [5, 5.41) is 6.44. The van der Waals surface area contributed by atoms with Crippen molar-refractivity contribution in [1.82, 2.24) is 14.9 Å². The van der Waals surface area contributed by atoms with Crippen LogP contribution in [0.25, 0.3) is 21.9 Å². The van der Waals surface area contributed by atoms with Crippen molar-refractivity contribution in [2.24, 2.45) is 11.8 Å². The fourth-order valence-corrected chi connectivity index (χ4v) is 4.27. The van der Waals surface area contributed by atoms with E-state index in [1.807, 2.05) is 21.0 Å². The molecule has 190 valence electrons. The highest BCUT2D eigenvalue weighted by Crippen LogP contribution is 2.40. The second-order valence-electron chi connectivity index (χ2n) is 10.6. The van der Waals surface area contributed by atoms with Crippen molar-refractivity contribution in [3.63, 3.8) is 0 Å². The van der Waals surface area contributed by atoms with Crippen molar-refractivity contribution in [1.29, 1.82) is 0 Å². The number of nitrogens with zero attached hydrogens (tertiary/aromatic N) is 3. The zero-order valence-corrected chi connectivity index (χ0v) is 21.5. The van der Waals surface area contributed by atoms with E-state index < -0.39 is 17.5 Å². The van der Waals surface area contributed by atoms with Gasteiger partial charge in [-0.1, -0.05) is 0 Å². The molecule has 2 aromatic heterocycles. The van der Waals surface area contributed by atoms with Crippen LogP contribution in [0.3, 0.4) is 0 Å². The number of nitrogens with one attached hydrogen (secondary N) is 2. The van der Waals surface area contributed by atoms with Crippen molar-refractivity contribution < 1.29 is 18.7 Å². The largest absolute Gasteiger partial charge is 0.444 e. The molecular formula is C27H32FN5O3. The number of aromatic nitrogens is 2. The Labute approximate surface area is 210 Å². The van der Waals surface area contributed by atoms with E-state index in [1.54, 1.807) is 51.4 Å². The van der Waals surface area contributed by atoms with Gasteiger partial charge in [-0.15, -0.1) is 0 Å². The Morgan fingerprint density at radius 3 is 2.58 bits per heavy atom. The topological polar surface area (TPSA) is 96.5 Å². The van der Waals surface area contributed by atoms with E-state index in [0.717, 1.165) is 18.5 Å². The molecule has 8 nitrogen and oxygen atoms in total. The number of carbonyl (C=O) groups is 2. The Hall–Kier alpha value is -3.59. The number of pyridine rings is 2. The number of rotatable bonds is 6. The maximum atomic E-state index is 15.8. The number of halogens is 1. The van der Waals surface area contributed by atoms with E-state index in [4.69, 9.17) is 4.74 Å². The minimum atomic E-state index is -0.777. The molecule has 4 rings (SSSR count). The van der Waals surface area contributed by atoms with Gasteiger partial charge in [-0.2, -0.15) is 0 Å². The van der Waals surface area contributed by atoms with Gasteiger partial charge in [0.25, 0.3) is 0 Å². The van der Waals surface area contributed by atoms with Gasteiger partial charge in [0.1, 0.15) is 11.4 Å². The van der Waals surface area contributed by atoms with Gasteiger partial charge in [0.05, 0.1) is 5.69 Å². The van der Waals surface area contributed by atoms with Gasteiger partial charge in [-0.25, -0.2) is 14.2 Å². The van der Waals surface area contributed by atoms with E-state index in [2.05, 4.69) is 25.5 Å². The monoisotopic (exact) mass is 493 g/mol. The maximum absolute atomic E-state index is 15.8. The number of fused-ring (bicyclic) bond motifs is 1. The van der Waals surface area contributed by atoms with E-state index in [0.29, 0.717) is 28.1 Å². The quantitative estimate of drug-likeness (QED) is 0.488. The zero-order chi connectivity index (χ0) is 26.2. The molecular weight excluding hydrogens is 461 g/mol. The van der Waals surface area contributed by atoms with Crippen LogP contribution in [-0.2, 0) is 9.53 Å². The van der Waals surface area contributed by atoms with Gasteiger partial charge in [-0.3, -0.25) is 15.1 Å². The third-order valence-corrected chi connectivity index (χ3v) is 6.03. The number of carbonyl (C=O) groups excluding carboxylic acids is 2. The van der Waals surface area contributed by atoms with Gasteiger partial charge in [0, 0.05) is 47.6 Å². The lowest BCUT2D eigenvalue weighted by Gasteiger charge is -2.21. The predicted octanol–water partition coefficient (Wildman–Crippen LogP) is 5.23. The summed E-state index contributed by atoms with van der Waals surface area (Å²) in [6.45, 7) is 7.91. The molecule has 1 saturated carbocycles. The number of hydrogen-bond acceptors (Lipinski definition) is 6. The first-order valence-corrected chi connectivity index (χ1v) is 11.9. The molecule has 0 unspecified atom stereocenters. The molecule has 0 bridgehead atoms. The number of amides is 2. The van der Waals surface area contributed by atoms with Crippen molar-refractivity contribution in [2.45, 2.75) is 39.7 Å². The second-order valence-corrected chi connectivity index (χ2v) is 10.6. The average molecular weight is 494 g/mol. The SMILES string of the molecule is Cc1ccncc1-c1cc2cc(NC(=O)[C@@H]3C[C@@H]3CN(C)C)ncc2c(NC(=O)OC(C)(C)C)c1F. The molecule has 0 radical (unpaired) electrons. The lowest BCUT2D eigenvalue weighted by atomic mass is 9.98. The van der Waals surface area contributed by atoms with Crippen LogP contribution in [0.5, 0.6) is 0 Å². The molecule has 2 heterocycles. The van der Waals surface area contributed by atoms with E-state index in [1.165, 1.54) is 6.20 Å². The molecule has 0 saturated heterocycles. The van der Waals surface area contributed by atoms with Gasteiger partial charge in [0.15, 0.2) is 5.82 Å². The first-order valence-electron chi connectivity index (χ1n) is 11.9. The summed E-state index contributed by atoms with van der Waals surface area (Å²) < 4.78 is 21.2. The lowest BCUT2D eigenvalue weighted by molar-refractivity contribution is -0.117. The third-order valence-electron chi connectivity index (χ3n) is 6.03. The van der Waals surface area contributed by atoms with Gasteiger partial charge in [0.2, 0.25) is 5.91 Å². The predicted molar refractivity (Wildman–Crippen MR) is 138 cm³/mol. The highest BCUT2D eigenvalue weighted by atomic mass is 19.1. The molecule has 0 spiro atoms. The summed E-state index contributed by atoms with van der Waals surface area (Å²) in [5.74, 6) is -0.0408. The van der Waals surface area contributed by atoms with Crippen LogP contribution in [-0.4, -0.2) is 53.1 Å². The number of benzene rings is 1. The first-order chi connectivity index (χ1) is 16.9. The van der Waals surface area contributed by atoms with Crippen LogP contribution >= 0.6 is 0 Å². The summed E-state index contributed by atoms with van der Waals surface area (Å²) in [6.07, 6.45) is 4.73.